The SMILES string of the molecule is CB1OC(C)(C)C(C)(c2cccnc2C(F)(F)F)O1. The molecule has 1 atom stereocenters. The molecule has 104 valence electrons. The molecule has 0 spiro atoms. The van der Waals surface area contributed by atoms with E-state index in [1.807, 2.05) is 0 Å². The van der Waals surface area contributed by atoms with E-state index in [1.165, 1.54) is 12.1 Å². The van der Waals surface area contributed by atoms with Gasteiger partial charge in [0.2, 0.25) is 0 Å². The Kier molecular flexibility index (Phi) is 3.18. The lowest BCUT2D eigenvalue weighted by Gasteiger charge is -2.37. The maximum atomic E-state index is 13.1. The minimum Gasteiger partial charge on any atom is -0.403 e. The van der Waals surface area contributed by atoms with Crippen molar-refractivity contribution in [3.63, 3.8) is 0 Å². The molecule has 2 rings (SSSR count). The fourth-order valence-corrected chi connectivity index (χ4v) is 2.43. The first kappa shape index (κ1) is 14.3. The zero-order chi connectivity index (χ0) is 14.5. The van der Waals surface area contributed by atoms with Gasteiger partial charge in [0.05, 0.1) is 5.60 Å². The lowest BCUT2D eigenvalue weighted by molar-refractivity contribution is -0.145. The van der Waals surface area contributed by atoms with Crippen molar-refractivity contribution in [3.05, 3.63) is 29.6 Å². The smallest absolute Gasteiger partial charge is 0.403 e. The highest BCUT2D eigenvalue weighted by Gasteiger charge is 2.56. The predicted molar refractivity (Wildman–Crippen MR) is 64.5 cm³/mol. The maximum absolute atomic E-state index is 13.1. The summed E-state index contributed by atoms with van der Waals surface area (Å²) in [6.07, 6.45) is -3.40. The fraction of sp³-hybridized carbons (Fsp3) is 0.583. The van der Waals surface area contributed by atoms with Crippen LogP contribution in [0.3, 0.4) is 0 Å². The van der Waals surface area contributed by atoms with Crippen LogP contribution in [0.25, 0.3) is 0 Å². The third-order valence-electron chi connectivity index (χ3n) is 3.60. The van der Waals surface area contributed by atoms with Crippen molar-refractivity contribution in [3.8, 4) is 0 Å². The van der Waals surface area contributed by atoms with Crippen LogP contribution >= 0.6 is 0 Å². The average molecular weight is 273 g/mol. The Hall–Kier alpha value is -1.08. The summed E-state index contributed by atoms with van der Waals surface area (Å²) in [5.74, 6) is 0. The van der Waals surface area contributed by atoms with Gasteiger partial charge >= 0.3 is 13.3 Å². The highest BCUT2D eigenvalue weighted by molar-refractivity contribution is 6.43. The first-order chi connectivity index (χ1) is 8.58. The van der Waals surface area contributed by atoms with Gasteiger partial charge in [-0.15, -0.1) is 0 Å². The number of rotatable bonds is 1. The molecule has 0 aliphatic carbocycles. The van der Waals surface area contributed by atoms with Gasteiger partial charge < -0.3 is 9.31 Å². The molecule has 0 amide bonds. The second kappa shape index (κ2) is 4.21. The molecule has 1 fully saturated rings. The summed E-state index contributed by atoms with van der Waals surface area (Å²) in [6, 6.07) is 2.86. The van der Waals surface area contributed by atoms with Gasteiger partial charge in [0.25, 0.3) is 0 Å². The molecule has 0 bridgehead atoms. The van der Waals surface area contributed by atoms with Crippen LogP contribution in [0.2, 0.25) is 6.82 Å². The van der Waals surface area contributed by atoms with Gasteiger partial charge in [-0.25, -0.2) is 0 Å². The molecule has 3 nitrogen and oxygen atoms in total. The predicted octanol–water partition coefficient (Wildman–Crippen LogP) is 3.26. The largest absolute Gasteiger partial charge is 0.454 e. The van der Waals surface area contributed by atoms with Gasteiger partial charge in [-0.1, -0.05) is 6.07 Å². The zero-order valence-electron chi connectivity index (χ0n) is 11.2. The van der Waals surface area contributed by atoms with E-state index in [1.54, 1.807) is 27.6 Å². The monoisotopic (exact) mass is 273 g/mol. The minimum absolute atomic E-state index is 0.00292. The molecule has 1 aromatic heterocycles. The van der Waals surface area contributed by atoms with E-state index < -0.39 is 30.2 Å². The second-order valence-corrected chi connectivity index (χ2v) is 5.24. The molecule has 1 saturated heterocycles. The molecule has 0 aromatic carbocycles. The Morgan fingerprint density at radius 3 is 2.32 bits per heavy atom. The van der Waals surface area contributed by atoms with Crippen molar-refractivity contribution in [1.29, 1.82) is 0 Å². The number of hydrogen-bond acceptors (Lipinski definition) is 3. The molecule has 2 heterocycles. The number of alkyl halides is 3. The summed E-state index contributed by atoms with van der Waals surface area (Å²) in [5, 5.41) is 0. The molecule has 0 radical (unpaired) electrons. The van der Waals surface area contributed by atoms with Gasteiger partial charge in [-0.2, -0.15) is 13.2 Å². The molecule has 1 aromatic rings. The van der Waals surface area contributed by atoms with E-state index in [4.69, 9.17) is 9.31 Å². The number of nitrogens with zero attached hydrogens (tertiary/aromatic N) is 1. The summed E-state index contributed by atoms with van der Waals surface area (Å²) < 4.78 is 50.4. The van der Waals surface area contributed by atoms with Crippen LogP contribution < -0.4 is 0 Å². The number of aromatic nitrogens is 1. The van der Waals surface area contributed by atoms with E-state index >= 15 is 0 Å². The van der Waals surface area contributed by atoms with Crippen LogP contribution in [0.4, 0.5) is 13.2 Å². The van der Waals surface area contributed by atoms with Crippen LogP contribution in [-0.4, -0.2) is 17.7 Å². The van der Waals surface area contributed by atoms with Gasteiger partial charge in [0.15, 0.2) is 5.69 Å². The first-order valence-electron chi connectivity index (χ1n) is 5.96. The van der Waals surface area contributed by atoms with Crippen LogP contribution in [0.15, 0.2) is 18.3 Å². The van der Waals surface area contributed by atoms with Crippen molar-refractivity contribution in [2.45, 2.75) is 45.0 Å². The van der Waals surface area contributed by atoms with E-state index in [9.17, 15) is 13.2 Å². The van der Waals surface area contributed by atoms with E-state index in [0.29, 0.717) is 0 Å². The van der Waals surface area contributed by atoms with E-state index in [2.05, 4.69) is 4.98 Å². The van der Waals surface area contributed by atoms with Crippen LogP contribution in [0.5, 0.6) is 0 Å². The van der Waals surface area contributed by atoms with Crippen LogP contribution in [0, 0.1) is 0 Å². The summed E-state index contributed by atoms with van der Waals surface area (Å²) in [7, 11) is -0.568. The summed E-state index contributed by atoms with van der Waals surface area (Å²) >= 11 is 0. The van der Waals surface area contributed by atoms with Crippen molar-refractivity contribution >= 4 is 7.12 Å². The van der Waals surface area contributed by atoms with Crippen LogP contribution in [-0.2, 0) is 21.1 Å². The van der Waals surface area contributed by atoms with E-state index in [0.717, 1.165) is 6.20 Å². The molecule has 0 N–H and O–H groups in total. The number of hydrogen-bond donors (Lipinski definition) is 0. The highest BCUT2D eigenvalue weighted by atomic mass is 19.4. The quantitative estimate of drug-likeness (QED) is 0.736. The molecular formula is C12H15BF3NO2. The number of halogens is 3. The van der Waals surface area contributed by atoms with Crippen molar-refractivity contribution in [2.24, 2.45) is 0 Å². The normalized spacial score (nSPS) is 26.8. The Labute approximate surface area is 110 Å². The lowest BCUT2D eigenvalue weighted by atomic mass is 9.80. The molecule has 7 heteroatoms. The van der Waals surface area contributed by atoms with Crippen molar-refractivity contribution < 1.29 is 22.5 Å². The van der Waals surface area contributed by atoms with Gasteiger partial charge in [0, 0.05) is 11.8 Å². The third kappa shape index (κ3) is 2.25. The van der Waals surface area contributed by atoms with Crippen molar-refractivity contribution in [2.75, 3.05) is 0 Å². The Bertz CT molecular complexity index is 492. The minimum atomic E-state index is -4.52. The first-order valence-corrected chi connectivity index (χ1v) is 5.96. The lowest BCUT2D eigenvalue weighted by Crippen LogP contribution is -2.43. The highest BCUT2D eigenvalue weighted by Crippen LogP contribution is 2.48. The Morgan fingerprint density at radius 1 is 1.21 bits per heavy atom. The molecule has 1 aliphatic rings. The van der Waals surface area contributed by atoms with E-state index in [-0.39, 0.29) is 5.56 Å². The topological polar surface area (TPSA) is 31.4 Å². The number of pyridine rings is 1. The summed E-state index contributed by atoms with van der Waals surface area (Å²) in [4.78, 5) is 3.47. The summed E-state index contributed by atoms with van der Waals surface area (Å²) in [6.45, 7) is 6.69. The molecule has 19 heavy (non-hydrogen) atoms. The maximum Gasteiger partial charge on any atom is 0.454 e. The molecule has 0 saturated carbocycles. The van der Waals surface area contributed by atoms with Gasteiger partial charge in [-0.3, -0.25) is 4.98 Å². The summed E-state index contributed by atoms with van der Waals surface area (Å²) in [5.41, 5.74) is -3.01. The van der Waals surface area contributed by atoms with Crippen molar-refractivity contribution in [1.82, 2.24) is 4.98 Å². The second-order valence-electron chi connectivity index (χ2n) is 5.24. The third-order valence-corrected chi connectivity index (χ3v) is 3.60. The standard InChI is InChI=1S/C12H15BF3NO2/c1-10(2)11(3,19-13(4)18-10)8-6-5-7-17-9(8)12(14,15)16/h5-7H,1-4H3. The Morgan fingerprint density at radius 2 is 1.84 bits per heavy atom. The van der Waals surface area contributed by atoms with Gasteiger partial charge in [0.1, 0.15) is 5.60 Å². The average Bonchev–Trinajstić information content (AvgIpc) is 2.47. The molecule has 1 aliphatic heterocycles. The van der Waals surface area contributed by atoms with Crippen LogP contribution in [0.1, 0.15) is 32.0 Å². The fourth-order valence-electron chi connectivity index (χ4n) is 2.43. The Balaban J connectivity index is 2.59. The zero-order valence-corrected chi connectivity index (χ0v) is 11.2. The molecule has 1 unspecified atom stereocenters. The van der Waals surface area contributed by atoms with Gasteiger partial charge in [-0.05, 0) is 33.7 Å². The molecular weight excluding hydrogens is 258 g/mol.